The minimum atomic E-state index is -0.968. The first-order valence-corrected chi connectivity index (χ1v) is 13.5. The monoisotopic (exact) mass is 555 g/mol. The molecule has 4 aromatic rings. The normalized spacial score (nSPS) is 14.4. The molecule has 1 aliphatic rings. The molecule has 196 valence electrons. The lowest BCUT2D eigenvalue weighted by Crippen LogP contribution is -2.30. The van der Waals surface area contributed by atoms with E-state index in [2.05, 4.69) is 4.98 Å². The molecule has 0 saturated carbocycles. The van der Waals surface area contributed by atoms with Crippen molar-refractivity contribution in [3.63, 3.8) is 0 Å². The van der Waals surface area contributed by atoms with Gasteiger partial charge in [0.25, 0.3) is 5.91 Å². The number of carbonyl (C=O) groups is 2. The fraction of sp³-hybridized carbons (Fsp3) is 0.167. The van der Waals surface area contributed by atoms with Crippen LogP contribution in [0.1, 0.15) is 32.9 Å². The Labute approximate surface area is 235 Å². The van der Waals surface area contributed by atoms with Gasteiger partial charge in [-0.05, 0) is 79.4 Å². The third-order valence-electron chi connectivity index (χ3n) is 6.61. The van der Waals surface area contributed by atoms with Gasteiger partial charge in [-0.2, -0.15) is 0 Å². The molecular weight excluding hydrogens is 530 g/mol. The molecule has 1 N–H and O–H groups in total. The summed E-state index contributed by atoms with van der Waals surface area (Å²) in [5.41, 5.74) is 7.27. The number of carboxylic acid groups (broad SMARTS) is 1. The number of aromatic carboxylic acids is 1. The van der Waals surface area contributed by atoms with Crippen molar-refractivity contribution in [2.24, 2.45) is 0 Å². The average molecular weight is 556 g/mol. The lowest BCUT2D eigenvalue weighted by atomic mass is 10.0. The molecule has 0 aliphatic carbocycles. The Morgan fingerprint density at radius 3 is 2.44 bits per heavy atom. The highest BCUT2D eigenvalue weighted by molar-refractivity contribution is 8.26. The fourth-order valence-electron chi connectivity index (χ4n) is 4.34. The quantitative estimate of drug-likeness (QED) is 0.217. The number of amides is 1. The summed E-state index contributed by atoms with van der Waals surface area (Å²) in [4.78, 5) is 35.7. The number of carboxylic acids is 1. The minimum absolute atomic E-state index is 0.142. The number of hydrogen-bond donors (Lipinski definition) is 1. The summed E-state index contributed by atoms with van der Waals surface area (Å²) >= 11 is 6.78. The Balaban J connectivity index is 1.38. The van der Waals surface area contributed by atoms with E-state index in [0.717, 1.165) is 44.7 Å². The van der Waals surface area contributed by atoms with Gasteiger partial charge in [0.05, 0.1) is 40.0 Å². The number of methoxy groups -OCH3 is 1. The number of hydrogen-bond acceptors (Lipinski definition) is 7. The van der Waals surface area contributed by atoms with E-state index < -0.39 is 5.97 Å². The van der Waals surface area contributed by atoms with Crippen LogP contribution in [0.2, 0.25) is 0 Å². The molecule has 3 aromatic carbocycles. The summed E-state index contributed by atoms with van der Waals surface area (Å²) in [7, 11) is 1.63. The molecule has 0 bridgehead atoms. The van der Waals surface area contributed by atoms with Crippen molar-refractivity contribution in [3.05, 3.63) is 93.6 Å². The Hall–Kier alpha value is -4.08. The van der Waals surface area contributed by atoms with E-state index in [1.165, 1.54) is 11.8 Å². The van der Waals surface area contributed by atoms with E-state index in [1.807, 2.05) is 56.3 Å². The van der Waals surface area contributed by atoms with Crippen LogP contribution in [-0.2, 0) is 11.2 Å². The van der Waals surface area contributed by atoms with Gasteiger partial charge in [-0.1, -0.05) is 48.2 Å². The summed E-state index contributed by atoms with van der Waals surface area (Å²) in [6.45, 7) is 4.31. The first-order chi connectivity index (χ1) is 18.7. The topological polar surface area (TPSA) is 92.6 Å². The van der Waals surface area contributed by atoms with E-state index in [0.29, 0.717) is 27.9 Å². The summed E-state index contributed by atoms with van der Waals surface area (Å²) in [6, 6.07) is 18.4. The number of fused-ring (bicyclic) bond motifs is 1. The smallest absolute Gasteiger partial charge is 0.335 e. The van der Waals surface area contributed by atoms with Gasteiger partial charge in [0, 0.05) is 12.1 Å². The second-order valence-electron chi connectivity index (χ2n) is 9.14. The standard InChI is InChI=1S/C30H25N3O4S2/c1-17-18(2)32-25-16-22(9-10-24(25)31-17)23-14-20(6-11-26(23)37-3)15-27-28(34)33(30(38)39-27)13-12-19-4-7-21(8-5-19)29(35)36/h4-11,14-16H,12-13H2,1-3H3,(H,35,36). The number of carbonyl (C=O) groups excluding carboxylic acids is 1. The highest BCUT2D eigenvalue weighted by Gasteiger charge is 2.31. The summed E-state index contributed by atoms with van der Waals surface area (Å²) in [5.74, 6) is -0.397. The number of ether oxygens (including phenoxy) is 1. The van der Waals surface area contributed by atoms with Crippen molar-refractivity contribution in [3.8, 4) is 16.9 Å². The number of benzene rings is 3. The van der Waals surface area contributed by atoms with Gasteiger partial charge in [0.1, 0.15) is 10.1 Å². The van der Waals surface area contributed by atoms with Crippen molar-refractivity contribution < 1.29 is 19.4 Å². The van der Waals surface area contributed by atoms with Crippen molar-refractivity contribution in [2.45, 2.75) is 20.3 Å². The van der Waals surface area contributed by atoms with Crippen LogP contribution in [0.5, 0.6) is 5.75 Å². The van der Waals surface area contributed by atoms with Crippen LogP contribution in [0, 0.1) is 13.8 Å². The summed E-state index contributed by atoms with van der Waals surface area (Å²) in [6.07, 6.45) is 2.41. The highest BCUT2D eigenvalue weighted by atomic mass is 32.2. The van der Waals surface area contributed by atoms with Crippen molar-refractivity contribution in [1.29, 1.82) is 0 Å². The maximum Gasteiger partial charge on any atom is 0.335 e. The van der Waals surface area contributed by atoms with Gasteiger partial charge in [-0.3, -0.25) is 9.69 Å². The van der Waals surface area contributed by atoms with Crippen LogP contribution >= 0.6 is 24.0 Å². The number of aryl methyl sites for hydroxylation is 2. The molecule has 0 spiro atoms. The SMILES string of the molecule is COc1ccc(C=C2SC(=S)N(CCc3ccc(C(=O)O)cc3)C2=O)cc1-c1ccc2nc(C)c(C)nc2c1. The zero-order valence-corrected chi connectivity index (χ0v) is 23.2. The molecule has 9 heteroatoms. The molecule has 7 nitrogen and oxygen atoms in total. The van der Waals surface area contributed by atoms with Gasteiger partial charge in [0.2, 0.25) is 0 Å². The third-order valence-corrected chi connectivity index (χ3v) is 7.98. The molecular formula is C30H25N3O4S2. The van der Waals surface area contributed by atoms with Gasteiger partial charge >= 0.3 is 5.97 Å². The predicted molar refractivity (Wildman–Crippen MR) is 158 cm³/mol. The lowest BCUT2D eigenvalue weighted by Gasteiger charge is -2.14. The second kappa shape index (κ2) is 11.0. The van der Waals surface area contributed by atoms with E-state index >= 15 is 0 Å². The van der Waals surface area contributed by atoms with Crippen LogP contribution in [0.15, 0.2) is 65.6 Å². The van der Waals surface area contributed by atoms with E-state index in [4.69, 9.17) is 27.0 Å². The summed E-state index contributed by atoms with van der Waals surface area (Å²) < 4.78 is 6.14. The number of nitrogens with zero attached hydrogens (tertiary/aromatic N) is 3. The molecule has 1 saturated heterocycles. The number of thioether (sulfide) groups is 1. The van der Waals surface area contributed by atoms with Crippen molar-refractivity contribution in [2.75, 3.05) is 13.7 Å². The number of aromatic nitrogens is 2. The zero-order chi connectivity index (χ0) is 27.7. The lowest BCUT2D eigenvalue weighted by molar-refractivity contribution is -0.122. The molecule has 1 aromatic heterocycles. The van der Waals surface area contributed by atoms with Gasteiger partial charge in [-0.15, -0.1) is 0 Å². The molecule has 0 atom stereocenters. The van der Waals surface area contributed by atoms with E-state index in [1.54, 1.807) is 36.3 Å². The first kappa shape index (κ1) is 26.5. The molecule has 5 rings (SSSR count). The Morgan fingerprint density at radius 1 is 1.03 bits per heavy atom. The molecule has 1 amide bonds. The van der Waals surface area contributed by atoms with Crippen LogP contribution < -0.4 is 4.74 Å². The van der Waals surface area contributed by atoms with E-state index in [9.17, 15) is 9.59 Å². The molecule has 1 fully saturated rings. The van der Waals surface area contributed by atoms with Crippen molar-refractivity contribution >= 4 is 57.3 Å². The second-order valence-corrected chi connectivity index (χ2v) is 10.8. The largest absolute Gasteiger partial charge is 0.496 e. The molecule has 0 unspecified atom stereocenters. The predicted octanol–water partition coefficient (Wildman–Crippen LogP) is 6.06. The molecule has 0 radical (unpaired) electrons. The highest BCUT2D eigenvalue weighted by Crippen LogP contribution is 2.36. The van der Waals surface area contributed by atoms with Crippen LogP contribution in [0.25, 0.3) is 28.2 Å². The van der Waals surface area contributed by atoms with Gasteiger partial charge in [-0.25, -0.2) is 14.8 Å². The van der Waals surface area contributed by atoms with E-state index in [-0.39, 0.29) is 11.5 Å². The number of thiocarbonyl (C=S) groups is 1. The summed E-state index contributed by atoms with van der Waals surface area (Å²) in [5, 5.41) is 9.08. The van der Waals surface area contributed by atoms with Gasteiger partial charge < -0.3 is 9.84 Å². The third kappa shape index (κ3) is 5.55. The molecule has 1 aliphatic heterocycles. The zero-order valence-electron chi connectivity index (χ0n) is 21.6. The minimum Gasteiger partial charge on any atom is -0.496 e. The Kier molecular flexibility index (Phi) is 7.45. The molecule has 2 heterocycles. The maximum atomic E-state index is 13.2. The van der Waals surface area contributed by atoms with Crippen molar-refractivity contribution in [1.82, 2.24) is 14.9 Å². The Morgan fingerprint density at radius 2 is 1.74 bits per heavy atom. The first-order valence-electron chi connectivity index (χ1n) is 12.2. The van der Waals surface area contributed by atoms with Crippen LogP contribution in [0.3, 0.4) is 0 Å². The van der Waals surface area contributed by atoms with Crippen LogP contribution in [-0.4, -0.2) is 49.8 Å². The average Bonchev–Trinajstić information content (AvgIpc) is 3.19. The van der Waals surface area contributed by atoms with Crippen LogP contribution in [0.4, 0.5) is 0 Å². The maximum absolute atomic E-state index is 13.2. The number of rotatable bonds is 7. The Bertz CT molecular complexity index is 1670. The van der Waals surface area contributed by atoms with Gasteiger partial charge in [0.15, 0.2) is 0 Å². The fourth-order valence-corrected chi connectivity index (χ4v) is 5.65. The molecule has 39 heavy (non-hydrogen) atoms.